The fraction of sp³-hybridized carbons (Fsp3) is 0.524. The van der Waals surface area contributed by atoms with Crippen LogP contribution in [-0.4, -0.2) is 71.6 Å². The summed E-state index contributed by atoms with van der Waals surface area (Å²) in [6, 6.07) is 3.88. The zero-order valence-corrected chi connectivity index (χ0v) is 16.7. The van der Waals surface area contributed by atoms with Crippen molar-refractivity contribution in [3.05, 3.63) is 34.9 Å². The smallest absolute Gasteiger partial charge is 0.264 e. The Balaban J connectivity index is 1.39. The fourth-order valence-electron chi connectivity index (χ4n) is 5.29. The first-order valence-electron chi connectivity index (χ1n) is 10.4. The van der Waals surface area contributed by atoms with Crippen molar-refractivity contribution >= 4 is 23.6 Å². The molecule has 0 saturated carbocycles. The quantitative estimate of drug-likeness (QED) is 0.670. The molecule has 4 heterocycles. The van der Waals surface area contributed by atoms with Crippen LogP contribution < -0.4 is 10.6 Å². The zero-order valence-electron chi connectivity index (χ0n) is 16.7. The van der Waals surface area contributed by atoms with E-state index >= 15 is 0 Å². The molecule has 0 bridgehead atoms. The molecule has 0 aliphatic carbocycles. The standard InChI is InChI=1S/C21H22F2N4O4/c22-21(23)10-24-6-12-8-26(9-14(12)21)7-11-2-1-3-13-17(11)20(31)27(19(13)30)15-4-5-16(28)25-18(15)29/h1-3,12,14-15,24H,4-10H2,(H,25,28,29)/t12-,14+,15?/m1/s1. The molecule has 1 unspecified atom stereocenters. The summed E-state index contributed by atoms with van der Waals surface area (Å²) in [5, 5.41) is 4.97. The lowest BCUT2D eigenvalue weighted by Crippen LogP contribution is -2.54. The number of carbonyl (C=O) groups excluding carboxylic acids is 4. The number of carbonyl (C=O) groups is 4. The van der Waals surface area contributed by atoms with Crippen molar-refractivity contribution in [1.29, 1.82) is 0 Å². The van der Waals surface area contributed by atoms with E-state index in [1.165, 1.54) is 6.07 Å². The lowest BCUT2D eigenvalue weighted by Gasteiger charge is -2.33. The molecule has 3 saturated heterocycles. The van der Waals surface area contributed by atoms with Gasteiger partial charge >= 0.3 is 0 Å². The number of hydrogen-bond acceptors (Lipinski definition) is 6. The number of rotatable bonds is 3. The summed E-state index contributed by atoms with van der Waals surface area (Å²) < 4.78 is 28.5. The first-order chi connectivity index (χ1) is 14.8. The van der Waals surface area contributed by atoms with Crippen LogP contribution in [0.2, 0.25) is 0 Å². The van der Waals surface area contributed by atoms with E-state index in [2.05, 4.69) is 10.6 Å². The van der Waals surface area contributed by atoms with Gasteiger partial charge < -0.3 is 5.32 Å². The van der Waals surface area contributed by atoms with Crippen LogP contribution in [0.15, 0.2) is 18.2 Å². The van der Waals surface area contributed by atoms with Gasteiger partial charge in [0.2, 0.25) is 11.8 Å². The molecule has 8 nitrogen and oxygen atoms in total. The van der Waals surface area contributed by atoms with E-state index in [-0.39, 0.29) is 49.5 Å². The number of alkyl halides is 2. The summed E-state index contributed by atoms with van der Waals surface area (Å²) >= 11 is 0. The summed E-state index contributed by atoms with van der Waals surface area (Å²) in [4.78, 5) is 52.6. The van der Waals surface area contributed by atoms with E-state index in [1.54, 1.807) is 12.1 Å². The van der Waals surface area contributed by atoms with Gasteiger partial charge in [0.15, 0.2) is 0 Å². The molecule has 1 aromatic rings. The van der Waals surface area contributed by atoms with Gasteiger partial charge in [-0.25, -0.2) is 8.78 Å². The highest BCUT2D eigenvalue weighted by atomic mass is 19.3. The largest absolute Gasteiger partial charge is 0.311 e. The lowest BCUT2D eigenvalue weighted by molar-refractivity contribution is -0.136. The first kappa shape index (κ1) is 20.2. The minimum atomic E-state index is -2.77. The summed E-state index contributed by atoms with van der Waals surface area (Å²) in [6.45, 7) is 1.19. The molecule has 4 aliphatic heterocycles. The van der Waals surface area contributed by atoms with Gasteiger partial charge in [-0.2, -0.15) is 0 Å². The van der Waals surface area contributed by atoms with Crippen LogP contribution in [0, 0.1) is 11.8 Å². The third kappa shape index (κ3) is 3.25. The molecule has 3 fully saturated rings. The van der Waals surface area contributed by atoms with Gasteiger partial charge in [-0.05, 0) is 30.5 Å². The van der Waals surface area contributed by atoms with Crippen LogP contribution in [0.25, 0.3) is 0 Å². The molecule has 31 heavy (non-hydrogen) atoms. The Kier molecular flexibility index (Phi) is 4.67. The molecule has 164 valence electrons. The number of fused-ring (bicyclic) bond motifs is 2. The molecule has 4 aliphatic rings. The zero-order chi connectivity index (χ0) is 21.9. The number of piperidine rings is 2. The van der Waals surface area contributed by atoms with Gasteiger partial charge in [0.25, 0.3) is 17.7 Å². The van der Waals surface area contributed by atoms with Crippen molar-refractivity contribution in [3.8, 4) is 0 Å². The van der Waals surface area contributed by atoms with Crippen molar-refractivity contribution in [2.75, 3.05) is 26.2 Å². The molecular formula is C21H22F2N4O4. The predicted octanol–water partition coefficient (Wildman–Crippen LogP) is 0.374. The number of nitrogens with zero attached hydrogens (tertiary/aromatic N) is 2. The van der Waals surface area contributed by atoms with Gasteiger partial charge in [-0.3, -0.25) is 34.3 Å². The number of imide groups is 2. The van der Waals surface area contributed by atoms with E-state index in [4.69, 9.17) is 0 Å². The van der Waals surface area contributed by atoms with Crippen LogP contribution in [-0.2, 0) is 16.1 Å². The Morgan fingerprint density at radius 3 is 2.65 bits per heavy atom. The third-order valence-electron chi connectivity index (χ3n) is 6.77. The molecule has 1 aromatic carbocycles. The molecule has 2 N–H and O–H groups in total. The summed E-state index contributed by atoms with van der Waals surface area (Å²) in [5.41, 5.74) is 1.01. The Labute approximate surface area is 176 Å². The minimum Gasteiger partial charge on any atom is -0.311 e. The summed E-state index contributed by atoms with van der Waals surface area (Å²) in [7, 11) is 0. The second kappa shape index (κ2) is 7.16. The maximum absolute atomic E-state index is 14.3. The normalized spacial score (nSPS) is 30.4. The Bertz CT molecular complexity index is 998. The van der Waals surface area contributed by atoms with Crippen molar-refractivity contribution in [3.63, 3.8) is 0 Å². The second-order valence-electron chi connectivity index (χ2n) is 8.74. The maximum atomic E-state index is 14.3. The highest BCUT2D eigenvalue weighted by Crippen LogP contribution is 2.39. The minimum absolute atomic E-state index is 0.0511. The third-order valence-corrected chi connectivity index (χ3v) is 6.77. The average Bonchev–Trinajstić information content (AvgIpc) is 3.23. The van der Waals surface area contributed by atoms with E-state index in [1.807, 2.05) is 4.90 Å². The topological polar surface area (TPSA) is 98.8 Å². The number of hydrogen-bond donors (Lipinski definition) is 2. The number of nitrogens with one attached hydrogen (secondary N) is 2. The van der Waals surface area contributed by atoms with E-state index < -0.39 is 41.5 Å². The number of halogens is 2. The Hall–Kier alpha value is -2.72. The SMILES string of the molecule is O=C1CCC(N2C(=O)c3cccc(CN4C[C@H]5CNCC(F)(F)[C@H]5C4)c3C2=O)C(=O)N1. The molecule has 0 radical (unpaired) electrons. The van der Waals surface area contributed by atoms with Gasteiger partial charge in [-0.1, -0.05) is 12.1 Å². The Morgan fingerprint density at radius 1 is 1.10 bits per heavy atom. The average molecular weight is 432 g/mol. The first-order valence-corrected chi connectivity index (χ1v) is 10.4. The van der Waals surface area contributed by atoms with Crippen molar-refractivity contribution in [2.24, 2.45) is 11.8 Å². The lowest BCUT2D eigenvalue weighted by atomic mass is 9.87. The molecule has 4 amide bonds. The summed E-state index contributed by atoms with van der Waals surface area (Å²) in [6.07, 6.45) is 0.137. The highest BCUT2D eigenvalue weighted by molar-refractivity contribution is 6.24. The van der Waals surface area contributed by atoms with E-state index in [0.29, 0.717) is 18.7 Å². The van der Waals surface area contributed by atoms with E-state index in [0.717, 1.165) is 4.90 Å². The van der Waals surface area contributed by atoms with Crippen LogP contribution in [0.3, 0.4) is 0 Å². The number of likely N-dealkylation sites (tertiary alicyclic amines) is 1. The maximum Gasteiger partial charge on any atom is 0.264 e. The van der Waals surface area contributed by atoms with Crippen molar-refractivity contribution < 1.29 is 28.0 Å². The molecular weight excluding hydrogens is 410 g/mol. The molecule has 10 heteroatoms. The number of benzene rings is 1. The van der Waals surface area contributed by atoms with Gasteiger partial charge in [0.1, 0.15) is 6.04 Å². The fourth-order valence-corrected chi connectivity index (χ4v) is 5.29. The van der Waals surface area contributed by atoms with Crippen LogP contribution in [0.5, 0.6) is 0 Å². The Morgan fingerprint density at radius 2 is 1.90 bits per heavy atom. The van der Waals surface area contributed by atoms with Gasteiger partial charge in [0.05, 0.1) is 17.7 Å². The molecule has 0 aromatic heterocycles. The second-order valence-corrected chi connectivity index (χ2v) is 8.74. The monoisotopic (exact) mass is 432 g/mol. The summed E-state index contributed by atoms with van der Waals surface area (Å²) in [5.74, 6) is -5.91. The van der Waals surface area contributed by atoms with Crippen LogP contribution >= 0.6 is 0 Å². The van der Waals surface area contributed by atoms with Crippen molar-refractivity contribution in [2.45, 2.75) is 31.4 Å². The van der Waals surface area contributed by atoms with Gasteiger partial charge in [-0.15, -0.1) is 0 Å². The van der Waals surface area contributed by atoms with E-state index in [9.17, 15) is 28.0 Å². The molecule has 0 spiro atoms. The number of amides is 4. The molecule has 3 atom stereocenters. The van der Waals surface area contributed by atoms with Crippen molar-refractivity contribution in [1.82, 2.24) is 20.4 Å². The highest BCUT2D eigenvalue weighted by Gasteiger charge is 2.51. The molecule has 5 rings (SSSR count). The predicted molar refractivity (Wildman–Crippen MR) is 103 cm³/mol. The van der Waals surface area contributed by atoms with Crippen LogP contribution in [0.1, 0.15) is 39.1 Å². The van der Waals surface area contributed by atoms with Gasteiger partial charge in [0, 0.05) is 32.0 Å². The van der Waals surface area contributed by atoms with Crippen LogP contribution in [0.4, 0.5) is 8.78 Å².